The predicted molar refractivity (Wildman–Crippen MR) is 92.9 cm³/mol. The van der Waals surface area contributed by atoms with Crippen LogP contribution in [0.1, 0.15) is 25.3 Å². The molecule has 0 aliphatic heterocycles. The fourth-order valence-corrected chi connectivity index (χ4v) is 2.38. The Labute approximate surface area is 144 Å². The molecule has 0 aliphatic rings. The van der Waals surface area contributed by atoms with Crippen molar-refractivity contribution in [3.05, 3.63) is 36.3 Å². The smallest absolute Gasteiger partial charge is 0.222 e. The number of rotatable bonds is 5. The Morgan fingerprint density at radius 1 is 1.12 bits per heavy atom. The Morgan fingerprint density at radius 3 is 2.52 bits per heavy atom. The van der Waals surface area contributed by atoms with Gasteiger partial charge in [-0.3, -0.25) is 0 Å². The normalized spacial score (nSPS) is 10.9. The van der Waals surface area contributed by atoms with Crippen molar-refractivity contribution < 1.29 is 9.47 Å². The van der Waals surface area contributed by atoms with Crippen molar-refractivity contribution in [2.24, 2.45) is 0 Å². The Balaban J connectivity index is 2.11. The SMILES string of the molecule is COc1cc(C(C)C)c(Oc2cnc(N)nc2N)cc1-n1ccnn1. The van der Waals surface area contributed by atoms with Crippen LogP contribution in [0.15, 0.2) is 30.7 Å². The molecule has 3 rings (SSSR count). The largest absolute Gasteiger partial charge is 0.494 e. The van der Waals surface area contributed by atoms with E-state index in [0.717, 1.165) is 5.56 Å². The molecule has 130 valence electrons. The van der Waals surface area contributed by atoms with Crippen LogP contribution in [0, 0.1) is 0 Å². The van der Waals surface area contributed by atoms with Crippen molar-refractivity contribution in [1.82, 2.24) is 25.0 Å². The van der Waals surface area contributed by atoms with Crippen LogP contribution in [-0.4, -0.2) is 32.1 Å². The van der Waals surface area contributed by atoms with Gasteiger partial charge in [0.1, 0.15) is 17.2 Å². The summed E-state index contributed by atoms with van der Waals surface area (Å²) in [6.45, 7) is 4.11. The lowest BCUT2D eigenvalue weighted by Gasteiger charge is -2.18. The Morgan fingerprint density at radius 2 is 1.92 bits per heavy atom. The molecular weight excluding hydrogens is 322 g/mol. The quantitative estimate of drug-likeness (QED) is 0.722. The van der Waals surface area contributed by atoms with Crippen molar-refractivity contribution in [2.45, 2.75) is 19.8 Å². The summed E-state index contributed by atoms with van der Waals surface area (Å²) in [5, 5.41) is 7.84. The van der Waals surface area contributed by atoms with E-state index in [1.54, 1.807) is 24.2 Å². The van der Waals surface area contributed by atoms with E-state index in [-0.39, 0.29) is 17.7 Å². The van der Waals surface area contributed by atoms with Gasteiger partial charge in [-0.2, -0.15) is 4.98 Å². The predicted octanol–water partition coefficient (Wildman–Crippen LogP) is 2.15. The highest BCUT2D eigenvalue weighted by molar-refractivity contribution is 5.58. The fourth-order valence-electron chi connectivity index (χ4n) is 2.38. The summed E-state index contributed by atoms with van der Waals surface area (Å²) < 4.78 is 13.1. The summed E-state index contributed by atoms with van der Waals surface area (Å²) >= 11 is 0. The molecule has 0 saturated heterocycles. The monoisotopic (exact) mass is 341 g/mol. The van der Waals surface area contributed by atoms with Crippen molar-refractivity contribution in [2.75, 3.05) is 18.6 Å². The van der Waals surface area contributed by atoms with E-state index < -0.39 is 0 Å². The van der Waals surface area contributed by atoms with Crippen LogP contribution < -0.4 is 20.9 Å². The molecule has 9 nitrogen and oxygen atoms in total. The summed E-state index contributed by atoms with van der Waals surface area (Å²) in [5.74, 6) is 2.02. The van der Waals surface area contributed by atoms with Gasteiger partial charge in [0, 0.05) is 11.6 Å². The molecule has 2 heterocycles. The molecule has 3 aromatic rings. The molecule has 0 unspecified atom stereocenters. The second-order valence-electron chi connectivity index (χ2n) is 5.64. The van der Waals surface area contributed by atoms with Gasteiger partial charge in [0.15, 0.2) is 11.6 Å². The minimum Gasteiger partial charge on any atom is -0.494 e. The number of nitrogen functional groups attached to an aromatic ring is 2. The van der Waals surface area contributed by atoms with Gasteiger partial charge in [-0.05, 0) is 12.0 Å². The molecule has 9 heteroatoms. The molecule has 1 aromatic carbocycles. The first-order valence-electron chi connectivity index (χ1n) is 7.64. The maximum Gasteiger partial charge on any atom is 0.222 e. The number of hydrogen-bond acceptors (Lipinski definition) is 8. The first-order valence-corrected chi connectivity index (χ1v) is 7.64. The van der Waals surface area contributed by atoms with Crippen molar-refractivity contribution >= 4 is 11.8 Å². The minimum atomic E-state index is 0.0898. The molecule has 4 N–H and O–H groups in total. The fraction of sp³-hybridized carbons (Fsp3) is 0.250. The van der Waals surface area contributed by atoms with E-state index in [9.17, 15) is 0 Å². The minimum absolute atomic E-state index is 0.0898. The van der Waals surface area contributed by atoms with Gasteiger partial charge in [0.25, 0.3) is 0 Å². The van der Waals surface area contributed by atoms with E-state index >= 15 is 0 Å². The Kier molecular flexibility index (Phi) is 4.38. The summed E-state index contributed by atoms with van der Waals surface area (Å²) in [4.78, 5) is 7.84. The van der Waals surface area contributed by atoms with Crippen LogP contribution in [-0.2, 0) is 0 Å². The number of anilines is 2. The zero-order valence-corrected chi connectivity index (χ0v) is 14.2. The number of hydrogen-bond donors (Lipinski definition) is 2. The maximum atomic E-state index is 5.97. The zero-order valence-electron chi connectivity index (χ0n) is 14.2. The molecule has 0 radical (unpaired) electrons. The Bertz CT molecular complexity index is 878. The van der Waals surface area contributed by atoms with Crippen LogP contribution in [0.25, 0.3) is 5.69 Å². The molecule has 0 spiro atoms. The standard InChI is InChI=1S/C16H19N7O2/c1-9(2)10-6-13(24-3)11(23-5-4-20-22-23)7-12(10)25-14-8-19-16(18)21-15(14)17/h4-9H,1-3H3,(H4,17,18,19,21). The van der Waals surface area contributed by atoms with Gasteiger partial charge in [0.2, 0.25) is 5.95 Å². The van der Waals surface area contributed by atoms with E-state index in [2.05, 4.69) is 34.1 Å². The Hall–Kier alpha value is -3.36. The number of benzene rings is 1. The third-order valence-corrected chi connectivity index (χ3v) is 3.62. The van der Waals surface area contributed by atoms with Gasteiger partial charge < -0.3 is 20.9 Å². The van der Waals surface area contributed by atoms with E-state index in [4.69, 9.17) is 20.9 Å². The van der Waals surface area contributed by atoms with Crippen LogP contribution in [0.2, 0.25) is 0 Å². The summed E-state index contributed by atoms with van der Waals surface area (Å²) in [5.41, 5.74) is 13.0. The van der Waals surface area contributed by atoms with Gasteiger partial charge in [0.05, 0.1) is 25.7 Å². The number of aromatic nitrogens is 5. The number of nitrogens with two attached hydrogens (primary N) is 2. The third kappa shape index (κ3) is 3.30. The second-order valence-corrected chi connectivity index (χ2v) is 5.64. The average Bonchev–Trinajstić information content (AvgIpc) is 3.11. The summed E-state index contributed by atoms with van der Waals surface area (Å²) in [6.07, 6.45) is 4.75. The zero-order chi connectivity index (χ0) is 18.0. The lowest BCUT2D eigenvalue weighted by molar-refractivity contribution is 0.407. The van der Waals surface area contributed by atoms with Crippen LogP contribution in [0.4, 0.5) is 11.8 Å². The number of nitrogens with zero attached hydrogens (tertiary/aromatic N) is 5. The van der Waals surface area contributed by atoms with Crippen molar-refractivity contribution in [3.8, 4) is 22.9 Å². The van der Waals surface area contributed by atoms with Gasteiger partial charge in [-0.1, -0.05) is 19.1 Å². The summed E-state index contributed by atoms with van der Waals surface area (Å²) in [7, 11) is 1.60. The molecule has 2 aromatic heterocycles. The molecule has 25 heavy (non-hydrogen) atoms. The topological polar surface area (TPSA) is 127 Å². The maximum absolute atomic E-state index is 5.97. The van der Waals surface area contributed by atoms with E-state index in [0.29, 0.717) is 22.9 Å². The first kappa shape index (κ1) is 16.5. The number of methoxy groups -OCH3 is 1. The van der Waals surface area contributed by atoms with Gasteiger partial charge in [-0.25, -0.2) is 9.67 Å². The van der Waals surface area contributed by atoms with Crippen molar-refractivity contribution in [3.63, 3.8) is 0 Å². The highest BCUT2D eigenvalue weighted by Gasteiger charge is 2.18. The summed E-state index contributed by atoms with van der Waals surface area (Å²) in [6, 6.07) is 3.73. The van der Waals surface area contributed by atoms with Gasteiger partial charge in [-0.15, -0.1) is 5.10 Å². The lowest BCUT2D eigenvalue weighted by Crippen LogP contribution is -2.05. The second kappa shape index (κ2) is 6.63. The van der Waals surface area contributed by atoms with E-state index in [1.807, 2.05) is 12.1 Å². The van der Waals surface area contributed by atoms with Crippen LogP contribution >= 0.6 is 0 Å². The van der Waals surface area contributed by atoms with E-state index in [1.165, 1.54) is 6.20 Å². The molecule has 0 atom stereocenters. The highest BCUT2D eigenvalue weighted by Crippen LogP contribution is 2.38. The average molecular weight is 341 g/mol. The molecule has 0 fully saturated rings. The first-order chi connectivity index (χ1) is 12.0. The van der Waals surface area contributed by atoms with Crippen LogP contribution in [0.5, 0.6) is 17.2 Å². The molecule has 0 saturated carbocycles. The lowest BCUT2D eigenvalue weighted by atomic mass is 10.0. The third-order valence-electron chi connectivity index (χ3n) is 3.62. The van der Waals surface area contributed by atoms with Crippen molar-refractivity contribution in [1.29, 1.82) is 0 Å². The van der Waals surface area contributed by atoms with Gasteiger partial charge >= 0.3 is 0 Å². The number of ether oxygens (including phenoxy) is 2. The molecule has 0 amide bonds. The molecule has 0 bridgehead atoms. The van der Waals surface area contributed by atoms with Crippen LogP contribution in [0.3, 0.4) is 0 Å². The molecule has 0 aliphatic carbocycles. The highest BCUT2D eigenvalue weighted by atomic mass is 16.5. The molecular formula is C16H19N7O2.